The molecule has 4 aliphatic rings. The Bertz CT molecular complexity index is 2330. The number of aliphatic hydroxyl groups excluding tert-OH is 1. The van der Waals surface area contributed by atoms with E-state index >= 15 is 0 Å². The highest BCUT2D eigenvalue weighted by Gasteiger charge is 2.59. The Hall–Kier alpha value is -6.37. The Balaban J connectivity index is 0.854. The summed E-state index contributed by atoms with van der Waals surface area (Å²) in [6.07, 6.45) is -2.73. The van der Waals surface area contributed by atoms with Crippen molar-refractivity contribution in [1.29, 1.82) is 0 Å². The molecular formula is C44H46F4N6O9. The first kappa shape index (κ1) is 44.7. The van der Waals surface area contributed by atoms with Crippen LogP contribution < -0.4 is 16.0 Å². The van der Waals surface area contributed by atoms with Gasteiger partial charge in [0.25, 0.3) is 11.8 Å². The molecule has 19 heteroatoms. The van der Waals surface area contributed by atoms with Crippen LogP contribution in [0.4, 0.5) is 33.7 Å². The predicted octanol–water partition coefficient (Wildman–Crippen LogP) is 5.57. The van der Waals surface area contributed by atoms with Gasteiger partial charge in [-0.2, -0.15) is 13.2 Å². The molecular weight excluding hydrogens is 833 g/mol. The maximum absolute atomic E-state index is 13.8. The minimum atomic E-state index is -4.83. The zero-order valence-corrected chi connectivity index (χ0v) is 34.3. The predicted molar refractivity (Wildman–Crippen MR) is 216 cm³/mol. The van der Waals surface area contributed by atoms with E-state index in [2.05, 4.69) is 16.0 Å². The number of carbonyl (C=O) groups is 7. The number of nitrogens with one attached hydrogen (secondary N) is 3. The second-order valence-electron chi connectivity index (χ2n) is 16.1. The molecule has 0 radical (unpaired) electrons. The number of benzene rings is 3. The molecule has 1 aliphatic carbocycles. The Kier molecular flexibility index (Phi) is 12.9. The van der Waals surface area contributed by atoms with Gasteiger partial charge in [-0.3, -0.25) is 39.0 Å². The number of amides is 7. The topological polar surface area (TPSA) is 195 Å². The standard InChI is InChI=1S/C44H46F4N6O9/c1-25(44(46,47)48)52(23-26-11-13-28(45)14-12-26)36(57)24-53-41(61)43(63-42(53)62)20-19-27-22-29(15-16-31(27)43)50-34(55)10-5-3-2-4-6-21-49-32-9-7-8-30-37(32)40(60)54(39(30)59)33-17-18-35(56)51-38(33)58/h7-9,11-16,22,25,33,39,49,59H,2-6,10,17-21,23-24H2,1H3,(H,50,55)(H,51,56,58)/t25-,33?,39?,43+/m0/s1. The Labute approximate surface area is 359 Å². The van der Waals surface area contributed by atoms with Gasteiger partial charge in [0.15, 0.2) is 6.23 Å². The zero-order valence-electron chi connectivity index (χ0n) is 34.3. The number of fused-ring (bicyclic) bond motifs is 3. The molecule has 334 valence electrons. The molecule has 3 aromatic carbocycles. The normalized spacial score (nSPS) is 21.0. The van der Waals surface area contributed by atoms with Crippen molar-refractivity contribution in [2.45, 2.75) is 108 Å². The molecule has 0 saturated carbocycles. The van der Waals surface area contributed by atoms with Crippen LogP contribution in [0.2, 0.25) is 0 Å². The van der Waals surface area contributed by atoms with Crippen LogP contribution in [0, 0.1) is 5.82 Å². The van der Waals surface area contributed by atoms with Gasteiger partial charge in [0.05, 0.1) is 5.56 Å². The van der Waals surface area contributed by atoms with Crippen LogP contribution in [0.1, 0.15) is 104 Å². The lowest BCUT2D eigenvalue weighted by molar-refractivity contribution is -0.187. The van der Waals surface area contributed by atoms with Crippen LogP contribution in [-0.4, -0.2) is 92.7 Å². The highest BCUT2D eigenvalue weighted by Crippen LogP contribution is 2.46. The second kappa shape index (κ2) is 18.2. The molecule has 0 bridgehead atoms. The third-order valence-corrected chi connectivity index (χ3v) is 12.0. The smallest absolute Gasteiger partial charge is 0.418 e. The number of unbranched alkanes of at least 4 members (excludes halogenated alkanes) is 4. The number of rotatable bonds is 16. The van der Waals surface area contributed by atoms with Gasteiger partial charge in [-0.15, -0.1) is 0 Å². The van der Waals surface area contributed by atoms with Crippen LogP contribution in [0.3, 0.4) is 0 Å². The summed E-state index contributed by atoms with van der Waals surface area (Å²) < 4.78 is 60.4. The molecule has 3 aromatic rings. The minimum Gasteiger partial charge on any atom is -0.427 e. The molecule has 2 fully saturated rings. The molecule has 3 aliphatic heterocycles. The van der Waals surface area contributed by atoms with Crippen molar-refractivity contribution in [3.63, 3.8) is 0 Å². The van der Waals surface area contributed by atoms with Gasteiger partial charge in [0.2, 0.25) is 29.2 Å². The van der Waals surface area contributed by atoms with E-state index in [4.69, 9.17) is 4.74 Å². The number of piperidine rings is 1. The number of hydrogen-bond acceptors (Lipinski definition) is 10. The highest BCUT2D eigenvalue weighted by atomic mass is 19.4. The average molecular weight is 879 g/mol. The summed E-state index contributed by atoms with van der Waals surface area (Å²) in [6.45, 7) is -0.236. The first-order valence-electron chi connectivity index (χ1n) is 20.8. The fourth-order valence-electron chi connectivity index (χ4n) is 8.57. The molecule has 4 N–H and O–H groups in total. The largest absolute Gasteiger partial charge is 0.427 e. The monoisotopic (exact) mass is 878 g/mol. The van der Waals surface area contributed by atoms with E-state index < -0.39 is 84.6 Å². The summed E-state index contributed by atoms with van der Waals surface area (Å²) in [5.41, 5.74) is 1.09. The van der Waals surface area contributed by atoms with Gasteiger partial charge in [-0.05, 0) is 74.1 Å². The van der Waals surface area contributed by atoms with Crippen LogP contribution in [0.5, 0.6) is 0 Å². The molecule has 0 aromatic heterocycles. The van der Waals surface area contributed by atoms with Crippen molar-refractivity contribution in [3.8, 4) is 0 Å². The van der Waals surface area contributed by atoms with Crippen molar-refractivity contribution in [3.05, 3.63) is 94.3 Å². The number of imide groups is 2. The third-order valence-electron chi connectivity index (χ3n) is 12.0. The third kappa shape index (κ3) is 9.23. The van der Waals surface area contributed by atoms with Crippen LogP contribution in [-0.2, 0) is 47.3 Å². The number of aryl methyl sites for hydroxylation is 1. The number of hydrogen-bond donors (Lipinski definition) is 4. The lowest BCUT2D eigenvalue weighted by Gasteiger charge is -2.31. The lowest BCUT2D eigenvalue weighted by atomic mass is 9.94. The maximum atomic E-state index is 13.8. The van der Waals surface area contributed by atoms with E-state index in [0.29, 0.717) is 56.4 Å². The molecule has 1 spiro atoms. The summed E-state index contributed by atoms with van der Waals surface area (Å²) in [6, 6.07) is 11.2. The van der Waals surface area contributed by atoms with Gasteiger partial charge in [0.1, 0.15) is 24.4 Å². The highest BCUT2D eigenvalue weighted by molar-refractivity contribution is 6.08. The molecule has 63 heavy (non-hydrogen) atoms. The number of nitrogens with zero attached hydrogens (tertiary/aromatic N) is 3. The number of halogens is 4. The SMILES string of the molecule is C[C@H](N(Cc1ccc(F)cc1)C(=O)CN1C(=O)O[C@@]2(CCc3cc(NC(=O)CCCCCCCNc4cccc5c4C(=O)N(C4CCC(=O)NC4=O)C5O)ccc32)C1=O)C(F)(F)F. The summed E-state index contributed by atoms with van der Waals surface area (Å²) >= 11 is 0. The first-order chi connectivity index (χ1) is 30.0. The van der Waals surface area contributed by atoms with Crippen LogP contribution >= 0.6 is 0 Å². The maximum Gasteiger partial charge on any atom is 0.418 e. The number of carbonyl (C=O) groups excluding carboxylic acids is 7. The molecule has 4 atom stereocenters. The van der Waals surface area contributed by atoms with Gasteiger partial charge in [-0.25, -0.2) is 14.1 Å². The van der Waals surface area contributed by atoms with Crippen molar-refractivity contribution < 1.29 is 61.0 Å². The van der Waals surface area contributed by atoms with Crippen molar-refractivity contribution in [2.24, 2.45) is 0 Å². The van der Waals surface area contributed by atoms with Crippen LogP contribution in [0.25, 0.3) is 0 Å². The fraction of sp³-hybridized carbons (Fsp3) is 0.432. The van der Waals surface area contributed by atoms with E-state index in [-0.39, 0.29) is 43.6 Å². The number of anilines is 2. The Morgan fingerprint density at radius 1 is 0.984 bits per heavy atom. The minimum absolute atomic E-state index is 0.0285. The Morgan fingerprint density at radius 2 is 1.71 bits per heavy atom. The molecule has 3 heterocycles. The van der Waals surface area contributed by atoms with Crippen molar-refractivity contribution in [2.75, 3.05) is 23.7 Å². The Morgan fingerprint density at radius 3 is 2.44 bits per heavy atom. The van der Waals surface area contributed by atoms with E-state index in [9.17, 15) is 56.2 Å². The van der Waals surface area contributed by atoms with Gasteiger partial charge >= 0.3 is 12.3 Å². The first-order valence-corrected chi connectivity index (χ1v) is 20.8. The zero-order chi connectivity index (χ0) is 45.2. The quantitative estimate of drug-likeness (QED) is 0.0803. The molecule has 15 nitrogen and oxygen atoms in total. The molecule has 2 unspecified atom stereocenters. The summed E-state index contributed by atoms with van der Waals surface area (Å²) in [4.78, 5) is 92.4. The van der Waals surface area contributed by atoms with Gasteiger partial charge in [0, 0.05) is 54.9 Å². The summed E-state index contributed by atoms with van der Waals surface area (Å²) in [5, 5.41) is 19.2. The second-order valence-corrected chi connectivity index (χ2v) is 16.1. The van der Waals surface area contributed by atoms with E-state index in [0.717, 1.165) is 49.6 Å². The van der Waals surface area contributed by atoms with E-state index in [1.165, 1.54) is 12.1 Å². The number of aliphatic hydroxyl groups is 1. The van der Waals surface area contributed by atoms with Gasteiger partial charge in [-0.1, -0.05) is 49.6 Å². The fourth-order valence-corrected chi connectivity index (χ4v) is 8.57. The van der Waals surface area contributed by atoms with E-state index in [1.54, 1.807) is 36.4 Å². The molecule has 7 rings (SSSR count). The number of ether oxygens (including phenoxy) is 1. The average Bonchev–Trinajstić information content (AvgIpc) is 3.81. The van der Waals surface area contributed by atoms with E-state index in [1.807, 2.05) is 0 Å². The van der Waals surface area contributed by atoms with Crippen LogP contribution in [0.15, 0.2) is 60.7 Å². The van der Waals surface area contributed by atoms with Gasteiger partial charge < -0.3 is 25.4 Å². The molecule has 7 amide bonds. The van der Waals surface area contributed by atoms with Crippen molar-refractivity contribution >= 4 is 52.9 Å². The summed E-state index contributed by atoms with van der Waals surface area (Å²) in [7, 11) is 0. The summed E-state index contributed by atoms with van der Waals surface area (Å²) in [5.74, 6) is -4.41. The lowest BCUT2D eigenvalue weighted by Crippen LogP contribution is -2.53. The molecule has 2 saturated heterocycles. The number of alkyl halides is 3. The van der Waals surface area contributed by atoms with Crippen molar-refractivity contribution in [1.82, 2.24) is 20.0 Å².